The van der Waals surface area contributed by atoms with Crippen LogP contribution in [0.4, 0.5) is 0 Å². The average Bonchev–Trinajstić information content (AvgIpc) is 2.36. The summed E-state index contributed by atoms with van der Waals surface area (Å²) in [6, 6.07) is 7.76. The number of para-hydroxylation sites is 1. The van der Waals surface area contributed by atoms with Crippen LogP contribution in [0, 0.1) is 5.92 Å². The van der Waals surface area contributed by atoms with Gasteiger partial charge in [0.25, 0.3) is 0 Å². The number of halogens is 1. The standard InChI is InChI=1S/C13H19ClNO4P/c1-10(2)9-12(13(16)18-3)15-20(14,17)19-11-7-5-4-6-8-11/h4-8,10,12H,9H2,1-3H3,(H,15,17)/t12-,20+/m0/s1. The Hall–Kier alpha value is -1.03. The molecule has 0 fully saturated rings. The lowest BCUT2D eigenvalue weighted by Crippen LogP contribution is -2.36. The number of benzene rings is 1. The van der Waals surface area contributed by atoms with Crippen molar-refractivity contribution in [2.75, 3.05) is 7.11 Å². The monoisotopic (exact) mass is 319 g/mol. The molecule has 2 atom stereocenters. The molecular weight excluding hydrogens is 301 g/mol. The van der Waals surface area contributed by atoms with Crippen molar-refractivity contribution >= 4 is 24.1 Å². The van der Waals surface area contributed by atoms with Gasteiger partial charge < -0.3 is 9.26 Å². The van der Waals surface area contributed by atoms with Crippen molar-refractivity contribution in [1.29, 1.82) is 0 Å². The minimum atomic E-state index is -3.67. The lowest BCUT2D eigenvalue weighted by Gasteiger charge is -2.21. The molecule has 5 nitrogen and oxygen atoms in total. The molecular formula is C13H19ClNO4P. The maximum absolute atomic E-state index is 12.2. The fourth-order valence-electron chi connectivity index (χ4n) is 1.64. The van der Waals surface area contributed by atoms with Crippen molar-refractivity contribution in [3.63, 3.8) is 0 Å². The van der Waals surface area contributed by atoms with Crippen molar-refractivity contribution in [3.05, 3.63) is 30.3 Å². The third kappa shape index (κ3) is 5.95. The van der Waals surface area contributed by atoms with Crippen molar-refractivity contribution < 1.29 is 18.6 Å². The quantitative estimate of drug-likeness (QED) is 0.614. The van der Waals surface area contributed by atoms with E-state index in [4.69, 9.17) is 15.8 Å². The number of rotatable bonds is 7. The summed E-state index contributed by atoms with van der Waals surface area (Å²) in [4.78, 5) is 11.7. The second-order valence-electron chi connectivity index (χ2n) is 4.72. The molecule has 112 valence electrons. The zero-order valence-corrected chi connectivity index (χ0v) is 13.4. The summed E-state index contributed by atoms with van der Waals surface area (Å²) in [5, 5.41) is 2.55. The number of hydrogen-bond donors (Lipinski definition) is 1. The van der Waals surface area contributed by atoms with Crippen LogP contribution < -0.4 is 9.61 Å². The maximum Gasteiger partial charge on any atom is 0.409 e. The molecule has 1 N–H and O–H groups in total. The van der Waals surface area contributed by atoms with Gasteiger partial charge in [0, 0.05) is 11.2 Å². The normalized spacial score (nSPS) is 15.4. The SMILES string of the molecule is COC(=O)[C@H](CC(C)C)N[P@@](=O)(Cl)Oc1ccccc1. The van der Waals surface area contributed by atoms with E-state index in [-0.39, 0.29) is 5.92 Å². The second-order valence-corrected chi connectivity index (χ2v) is 7.45. The molecule has 1 aromatic carbocycles. The molecule has 0 bridgehead atoms. The predicted octanol–water partition coefficient (Wildman–Crippen LogP) is 3.59. The van der Waals surface area contributed by atoms with Crippen molar-refractivity contribution in [1.82, 2.24) is 5.09 Å². The van der Waals surface area contributed by atoms with Gasteiger partial charge in [0.2, 0.25) is 0 Å². The van der Waals surface area contributed by atoms with Gasteiger partial charge in [-0.25, -0.2) is 9.65 Å². The third-order valence-electron chi connectivity index (χ3n) is 2.47. The van der Waals surface area contributed by atoms with E-state index in [1.807, 2.05) is 13.8 Å². The van der Waals surface area contributed by atoms with Gasteiger partial charge in [-0.2, -0.15) is 0 Å². The van der Waals surface area contributed by atoms with Crippen LogP contribution in [-0.2, 0) is 14.1 Å². The highest BCUT2D eigenvalue weighted by Crippen LogP contribution is 2.48. The van der Waals surface area contributed by atoms with Crippen molar-refractivity contribution in [3.8, 4) is 5.75 Å². The van der Waals surface area contributed by atoms with E-state index in [1.165, 1.54) is 7.11 Å². The first-order valence-electron chi connectivity index (χ1n) is 6.24. The van der Waals surface area contributed by atoms with Gasteiger partial charge in [0.1, 0.15) is 11.8 Å². The van der Waals surface area contributed by atoms with Crippen LogP contribution in [0.1, 0.15) is 20.3 Å². The summed E-state index contributed by atoms with van der Waals surface area (Å²) in [6.07, 6.45) is 0.446. The number of nitrogens with one attached hydrogen (secondary N) is 1. The first-order valence-corrected chi connectivity index (χ1v) is 8.77. The third-order valence-corrected chi connectivity index (χ3v) is 4.03. The largest absolute Gasteiger partial charge is 0.468 e. The molecule has 0 saturated heterocycles. The Labute approximate surface area is 123 Å². The van der Waals surface area contributed by atoms with Gasteiger partial charge in [0.05, 0.1) is 7.11 Å². The molecule has 0 aromatic heterocycles. The molecule has 0 radical (unpaired) electrons. The topological polar surface area (TPSA) is 64.6 Å². The van der Waals surface area contributed by atoms with E-state index < -0.39 is 18.9 Å². The zero-order valence-electron chi connectivity index (χ0n) is 11.7. The van der Waals surface area contributed by atoms with Gasteiger partial charge >= 0.3 is 12.8 Å². The number of hydrogen-bond acceptors (Lipinski definition) is 4. The van der Waals surface area contributed by atoms with Crippen LogP contribution in [0.2, 0.25) is 0 Å². The Morgan fingerprint density at radius 2 is 1.95 bits per heavy atom. The van der Waals surface area contributed by atoms with Gasteiger partial charge in [-0.1, -0.05) is 32.0 Å². The van der Waals surface area contributed by atoms with E-state index >= 15 is 0 Å². The minimum absolute atomic E-state index is 0.208. The Bertz CT molecular complexity index is 481. The maximum atomic E-state index is 12.2. The lowest BCUT2D eigenvalue weighted by molar-refractivity contribution is -0.143. The van der Waals surface area contributed by atoms with Crippen LogP contribution in [0.25, 0.3) is 0 Å². The number of ether oxygens (including phenoxy) is 1. The summed E-state index contributed by atoms with van der Waals surface area (Å²) in [7, 11) is 1.27. The van der Waals surface area contributed by atoms with Gasteiger partial charge in [0.15, 0.2) is 0 Å². The summed E-state index contributed by atoms with van der Waals surface area (Å²) in [5.74, 6) is 0.0581. The molecule has 0 spiro atoms. The summed E-state index contributed by atoms with van der Waals surface area (Å²) in [6.45, 7) is 0.206. The van der Waals surface area contributed by atoms with Crippen LogP contribution in [-0.4, -0.2) is 19.1 Å². The highest BCUT2D eigenvalue weighted by Gasteiger charge is 2.31. The number of methoxy groups -OCH3 is 1. The fourth-order valence-corrected chi connectivity index (χ4v) is 3.27. The Morgan fingerprint density at radius 3 is 2.45 bits per heavy atom. The van der Waals surface area contributed by atoms with Crippen molar-refractivity contribution in [2.24, 2.45) is 5.92 Å². The van der Waals surface area contributed by atoms with E-state index in [0.29, 0.717) is 12.2 Å². The molecule has 20 heavy (non-hydrogen) atoms. The first kappa shape index (κ1) is 17.0. The van der Waals surface area contributed by atoms with E-state index in [2.05, 4.69) is 9.82 Å². The molecule has 1 aromatic rings. The number of esters is 1. The van der Waals surface area contributed by atoms with E-state index in [9.17, 15) is 9.36 Å². The number of carbonyl (C=O) groups is 1. The van der Waals surface area contributed by atoms with Crippen molar-refractivity contribution in [2.45, 2.75) is 26.3 Å². The molecule has 7 heteroatoms. The van der Waals surface area contributed by atoms with E-state index in [0.717, 1.165) is 0 Å². The van der Waals surface area contributed by atoms with Crippen LogP contribution in [0.5, 0.6) is 5.75 Å². The minimum Gasteiger partial charge on any atom is -0.468 e. The summed E-state index contributed by atoms with van der Waals surface area (Å²) in [5.41, 5.74) is 0. The molecule has 0 amide bonds. The first-order chi connectivity index (χ1) is 9.34. The smallest absolute Gasteiger partial charge is 0.409 e. The Balaban J connectivity index is 2.75. The summed E-state index contributed by atoms with van der Waals surface area (Å²) >= 11 is 5.86. The van der Waals surface area contributed by atoms with Crippen LogP contribution in [0.3, 0.4) is 0 Å². The lowest BCUT2D eigenvalue weighted by atomic mass is 10.1. The van der Waals surface area contributed by atoms with Gasteiger partial charge in [-0.05, 0) is 24.5 Å². The molecule has 0 unspecified atom stereocenters. The second kappa shape index (κ2) is 7.67. The number of carbonyl (C=O) groups excluding carboxylic acids is 1. The highest BCUT2D eigenvalue weighted by molar-refractivity contribution is 7.84. The molecule has 1 rings (SSSR count). The van der Waals surface area contributed by atoms with Gasteiger partial charge in [-0.3, -0.25) is 4.79 Å². The summed E-state index contributed by atoms with van der Waals surface area (Å²) < 4.78 is 22.1. The molecule has 0 aliphatic carbocycles. The zero-order chi connectivity index (χ0) is 15.2. The molecule has 0 aliphatic rings. The Kier molecular flexibility index (Phi) is 6.53. The fraction of sp³-hybridized carbons (Fsp3) is 0.462. The van der Waals surface area contributed by atoms with Crippen LogP contribution >= 0.6 is 18.1 Å². The van der Waals surface area contributed by atoms with E-state index in [1.54, 1.807) is 30.3 Å². The van der Waals surface area contributed by atoms with Crippen LogP contribution in [0.15, 0.2) is 30.3 Å². The highest BCUT2D eigenvalue weighted by atomic mass is 35.7. The average molecular weight is 320 g/mol. The Morgan fingerprint density at radius 1 is 1.35 bits per heavy atom. The predicted molar refractivity (Wildman–Crippen MR) is 78.9 cm³/mol. The molecule has 0 aliphatic heterocycles. The molecule has 0 heterocycles. The van der Waals surface area contributed by atoms with Gasteiger partial charge in [-0.15, -0.1) is 0 Å². The molecule has 0 saturated carbocycles.